The molecule has 1 aliphatic heterocycles. The van der Waals surface area contributed by atoms with E-state index in [2.05, 4.69) is 45.7 Å². The van der Waals surface area contributed by atoms with Crippen molar-refractivity contribution in [2.24, 2.45) is 0 Å². The van der Waals surface area contributed by atoms with Crippen LogP contribution in [0, 0.1) is 5.82 Å². The molecule has 0 spiro atoms. The molecule has 4 rings (SSSR count). The van der Waals surface area contributed by atoms with Crippen LogP contribution >= 0.6 is 0 Å². The predicted octanol–water partition coefficient (Wildman–Crippen LogP) is 3.85. The monoisotopic (exact) mass is 350 g/mol. The third kappa shape index (κ3) is 4.17. The molecule has 5 heteroatoms. The minimum Gasteiger partial charge on any atom is -0.299 e. The summed E-state index contributed by atoms with van der Waals surface area (Å²) in [7, 11) is 0. The fraction of sp³-hybridized carbons (Fsp3) is 0.333. The van der Waals surface area contributed by atoms with Crippen molar-refractivity contribution in [3.05, 3.63) is 83.4 Å². The van der Waals surface area contributed by atoms with Crippen LogP contribution < -0.4 is 0 Å². The van der Waals surface area contributed by atoms with E-state index in [9.17, 15) is 4.39 Å². The molecule has 0 aliphatic carbocycles. The summed E-state index contributed by atoms with van der Waals surface area (Å²) in [6.07, 6.45) is 5.04. The van der Waals surface area contributed by atoms with E-state index in [0.29, 0.717) is 6.04 Å². The molecule has 1 saturated heterocycles. The molecule has 0 radical (unpaired) electrons. The third-order valence-corrected chi connectivity index (χ3v) is 5.04. The summed E-state index contributed by atoms with van der Waals surface area (Å²) < 4.78 is 15.0. The summed E-state index contributed by atoms with van der Waals surface area (Å²) in [5.41, 5.74) is 3.44. The van der Waals surface area contributed by atoms with Gasteiger partial charge in [0.2, 0.25) is 0 Å². The van der Waals surface area contributed by atoms with Gasteiger partial charge in [-0.3, -0.25) is 4.90 Å². The summed E-state index contributed by atoms with van der Waals surface area (Å²) >= 11 is 0. The van der Waals surface area contributed by atoms with E-state index in [1.165, 1.54) is 17.7 Å². The molecule has 4 nitrogen and oxygen atoms in total. The number of aromatic nitrogens is 3. The van der Waals surface area contributed by atoms with E-state index in [-0.39, 0.29) is 5.82 Å². The molecule has 1 aromatic heterocycles. The van der Waals surface area contributed by atoms with E-state index in [1.54, 1.807) is 0 Å². The summed E-state index contributed by atoms with van der Waals surface area (Å²) in [6, 6.07) is 17.6. The first-order valence-electron chi connectivity index (χ1n) is 9.18. The van der Waals surface area contributed by atoms with Crippen molar-refractivity contribution in [3.63, 3.8) is 0 Å². The van der Waals surface area contributed by atoms with Crippen molar-refractivity contribution in [1.82, 2.24) is 19.9 Å². The molecule has 0 atom stereocenters. The summed E-state index contributed by atoms with van der Waals surface area (Å²) in [4.78, 5) is 2.42. The zero-order chi connectivity index (χ0) is 17.8. The van der Waals surface area contributed by atoms with Crippen LogP contribution in [0.25, 0.3) is 0 Å². The summed E-state index contributed by atoms with van der Waals surface area (Å²) in [5, 5.41) is 8.71. The molecule has 0 bridgehead atoms. The first-order chi connectivity index (χ1) is 12.8. The average molecular weight is 350 g/mol. The molecule has 2 heterocycles. The van der Waals surface area contributed by atoms with Crippen LogP contribution in [0.4, 0.5) is 4.39 Å². The van der Waals surface area contributed by atoms with Gasteiger partial charge >= 0.3 is 0 Å². The largest absolute Gasteiger partial charge is 0.299 e. The summed E-state index contributed by atoms with van der Waals surface area (Å²) in [6.45, 7) is 2.93. The average Bonchev–Trinajstić information content (AvgIpc) is 3.13. The molecule has 1 fully saturated rings. The molecule has 2 aromatic carbocycles. The number of benzene rings is 2. The van der Waals surface area contributed by atoms with Gasteiger partial charge in [-0.25, -0.2) is 9.07 Å². The molecule has 0 amide bonds. The van der Waals surface area contributed by atoms with Crippen LogP contribution in [0.3, 0.4) is 0 Å². The zero-order valence-electron chi connectivity index (χ0n) is 14.8. The van der Waals surface area contributed by atoms with Gasteiger partial charge in [0.25, 0.3) is 0 Å². The molecule has 0 N–H and O–H groups in total. The van der Waals surface area contributed by atoms with Crippen LogP contribution in [0.5, 0.6) is 0 Å². The van der Waals surface area contributed by atoms with Gasteiger partial charge in [-0.15, -0.1) is 5.10 Å². The van der Waals surface area contributed by atoms with Gasteiger partial charge in [-0.1, -0.05) is 47.7 Å². The number of likely N-dealkylation sites (tertiary alicyclic amines) is 1. The lowest BCUT2D eigenvalue weighted by atomic mass is 10.0. The fourth-order valence-corrected chi connectivity index (χ4v) is 3.57. The van der Waals surface area contributed by atoms with Crippen molar-refractivity contribution >= 4 is 0 Å². The standard InChI is InChI=1S/C21H23FN4/c22-19-8-6-18(7-9-19)15-25-12-10-21(11-13-25)26-16-20(23-24-26)14-17-4-2-1-3-5-17/h1-9,16,21H,10-15H2. The molecule has 0 saturated carbocycles. The van der Waals surface area contributed by atoms with Crippen molar-refractivity contribution in [1.29, 1.82) is 0 Å². The van der Waals surface area contributed by atoms with E-state index < -0.39 is 0 Å². The Kier molecular flexibility index (Phi) is 5.07. The second-order valence-electron chi connectivity index (χ2n) is 6.99. The van der Waals surface area contributed by atoms with Crippen molar-refractivity contribution < 1.29 is 4.39 Å². The second kappa shape index (κ2) is 7.79. The normalized spacial score (nSPS) is 16.0. The first-order valence-corrected chi connectivity index (χ1v) is 9.18. The number of hydrogen-bond donors (Lipinski definition) is 0. The van der Waals surface area contributed by atoms with Gasteiger partial charge in [-0.2, -0.15) is 0 Å². The Morgan fingerprint density at radius 3 is 2.38 bits per heavy atom. The Morgan fingerprint density at radius 1 is 0.923 bits per heavy atom. The number of piperidine rings is 1. The van der Waals surface area contributed by atoms with Gasteiger partial charge < -0.3 is 0 Å². The van der Waals surface area contributed by atoms with Gasteiger partial charge in [0.05, 0.1) is 11.7 Å². The van der Waals surface area contributed by atoms with Crippen molar-refractivity contribution in [2.45, 2.75) is 31.8 Å². The van der Waals surface area contributed by atoms with Gasteiger partial charge in [-0.05, 0) is 36.1 Å². The molecule has 3 aromatic rings. The second-order valence-corrected chi connectivity index (χ2v) is 6.99. The lowest BCUT2D eigenvalue weighted by molar-refractivity contribution is 0.172. The topological polar surface area (TPSA) is 34.0 Å². The first kappa shape index (κ1) is 16.9. The summed E-state index contributed by atoms with van der Waals surface area (Å²) in [5.74, 6) is -0.176. The number of nitrogens with zero attached hydrogens (tertiary/aromatic N) is 4. The maximum Gasteiger partial charge on any atom is 0.123 e. The Bertz CT molecular complexity index is 821. The number of halogens is 1. The van der Waals surface area contributed by atoms with Crippen molar-refractivity contribution in [3.8, 4) is 0 Å². The molecule has 0 unspecified atom stereocenters. The fourth-order valence-electron chi connectivity index (χ4n) is 3.57. The highest BCUT2D eigenvalue weighted by Crippen LogP contribution is 2.23. The third-order valence-electron chi connectivity index (χ3n) is 5.04. The molecular formula is C21H23FN4. The van der Waals surface area contributed by atoms with Gasteiger partial charge in [0.15, 0.2) is 0 Å². The van der Waals surface area contributed by atoms with Crippen LogP contribution in [0.2, 0.25) is 0 Å². The molecule has 26 heavy (non-hydrogen) atoms. The van der Waals surface area contributed by atoms with E-state index >= 15 is 0 Å². The molecule has 1 aliphatic rings. The maximum atomic E-state index is 13.0. The van der Waals surface area contributed by atoms with Crippen LogP contribution in [0.1, 0.15) is 35.7 Å². The minimum absolute atomic E-state index is 0.176. The Hall–Kier alpha value is -2.53. The maximum absolute atomic E-state index is 13.0. The van der Waals surface area contributed by atoms with Gasteiger partial charge in [0.1, 0.15) is 5.82 Å². The van der Waals surface area contributed by atoms with Crippen LogP contribution in [-0.2, 0) is 13.0 Å². The minimum atomic E-state index is -0.176. The van der Waals surface area contributed by atoms with Gasteiger partial charge in [0, 0.05) is 32.3 Å². The lowest BCUT2D eigenvalue weighted by Gasteiger charge is -2.31. The Balaban J connectivity index is 1.31. The van der Waals surface area contributed by atoms with Crippen molar-refractivity contribution in [2.75, 3.05) is 13.1 Å². The Labute approximate surface area is 153 Å². The van der Waals surface area contributed by atoms with E-state index in [1.807, 2.05) is 22.9 Å². The smallest absolute Gasteiger partial charge is 0.123 e. The SMILES string of the molecule is Fc1ccc(CN2CCC(n3cc(Cc4ccccc4)nn3)CC2)cc1. The molecular weight excluding hydrogens is 327 g/mol. The quantitative estimate of drug-likeness (QED) is 0.701. The highest BCUT2D eigenvalue weighted by atomic mass is 19.1. The van der Waals surface area contributed by atoms with Crippen LogP contribution in [-0.4, -0.2) is 33.0 Å². The highest BCUT2D eigenvalue weighted by Gasteiger charge is 2.21. The number of hydrogen-bond acceptors (Lipinski definition) is 3. The van der Waals surface area contributed by atoms with Crippen LogP contribution in [0.15, 0.2) is 60.8 Å². The highest BCUT2D eigenvalue weighted by molar-refractivity contribution is 5.20. The lowest BCUT2D eigenvalue weighted by Crippen LogP contribution is -2.34. The zero-order valence-corrected chi connectivity index (χ0v) is 14.8. The Morgan fingerprint density at radius 2 is 1.65 bits per heavy atom. The molecule has 134 valence electrons. The van der Waals surface area contributed by atoms with E-state index in [4.69, 9.17) is 0 Å². The predicted molar refractivity (Wildman–Crippen MR) is 99.2 cm³/mol. The van der Waals surface area contributed by atoms with E-state index in [0.717, 1.165) is 50.2 Å². The number of rotatable bonds is 5.